The molecule has 0 aliphatic heterocycles. The van der Waals surface area contributed by atoms with Gasteiger partial charge >= 0.3 is 6.68 Å². The van der Waals surface area contributed by atoms with Crippen LogP contribution in [0.2, 0.25) is 0 Å². The summed E-state index contributed by atoms with van der Waals surface area (Å²) in [5, 5.41) is 0. The van der Waals surface area contributed by atoms with Gasteiger partial charge in [0.05, 0.1) is 0 Å². The molecule has 9 heavy (non-hydrogen) atoms. The molecule has 2 nitrogen and oxygen atoms in total. The van der Waals surface area contributed by atoms with E-state index >= 15 is 0 Å². The van der Waals surface area contributed by atoms with Gasteiger partial charge in [-0.3, -0.25) is 0 Å². The number of hydrogen-bond donors (Lipinski definition) is 0. The van der Waals surface area contributed by atoms with Gasteiger partial charge in [-0.25, -0.2) is 0 Å². The molecule has 58 valence electrons. The molecule has 6 heteroatoms. The molecule has 0 atom stereocenters. The van der Waals surface area contributed by atoms with Crippen molar-refractivity contribution in [3.63, 3.8) is 0 Å². The predicted molar refractivity (Wildman–Crippen MR) is 21.2 cm³/mol. The van der Waals surface area contributed by atoms with Crippen LogP contribution in [0.15, 0.2) is 0 Å². The highest BCUT2D eigenvalue weighted by Gasteiger charge is 1.86. The first-order valence-electron chi connectivity index (χ1n) is 1.79. The summed E-state index contributed by atoms with van der Waals surface area (Å²) in [6, 6.07) is 0. The van der Waals surface area contributed by atoms with Crippen LogP contribution in [0.5, 0.6) is 0 Å². The molecule has 0 saturated heterocycles. The van der Waals surface area contributed by atoms with E-state index in [2.05, 4.69) is 9.68 Å². The standard InChI is InChI=1S/C2H5FO2.CHF3/c1-4-2-5-3;2-1(3)4/h2H2,1H3;1H. The minimum Gasteiger partial charge on any atom is -0.355 e. The Balaban J connectivity index is 0. The van der Waals surface area contributed by atoms with Crippen LogP contribution in [-0.4, -0.2) is 20.6 Å². The van der Waals surface area contributed by atoms with Gasteiger partial charge in [0.2, 0.25) is 0 Å². The second-order valence-electron chi connectivity index (χ2n) is 0.763. The van der Waals surface area contributed by atoms with E-state index in [1.165, 1.54) is 7.11 Å². The van der Waals surface area contributed by atoms with Crippen LogP contribution >= 0.6 is 0 Å². The lowest BCUT2D eigenvalue weighted by molar-refractivity contribution is -0.203. The van der Waals surface area contributed by atoms with Crippen molar-refractivity contribution in [1.29, 1.82) is 0 Å². The lowest BCUT2D eigenvalue weighted by atomic mass is 11.4. The first-order valence-corrected chi connectivity index (χ1v) is 1.79. The molecule has 0 spiro atoms. The average molecular weight is 150 g/mol. The predicted octanol–water partition coefficient (Wildman–Crippen LogP) is 1.67. The molecule has 0 rings (SSSR count). The van der Waals surface area contributed by atoms with Crippen molar-refractivity contribution in [1.82, 2.24) is 0 Å². The molecular weight excluding hydrogens is 144 g/mol. The van der Waals surface area contributed by atoms with Gasteiger partial charge in [-0.15, -0.1) is 0 Å². The van der Waals surface area contributed by atoms with Crippen LogP contribution in [0.4, 0.5) is 17.7 Å². The third kappa shape index (κ3) is 90.4. The van der Waals surface area contributed by atoms with Crippen LogP contribution in [0, 0.1) is 0 Å². The maximum absolute atomic E-state index is 10.4. The largest absolute Gasteiger partial charge is 0.379 e. The Morgan fingerprint density at radius 1 is 1.33 bits per heavy atom. The fraction of sp³-hybridized carbons (Fsp3) is 1.00. The quantitative estimate of drug-likeness (QED) is 0.440. The van der Waals surface area contributed by atoms with Crippen molar-refractivity contribution >= 4 is 0 Å². The highest BCUT2D eigenvalue weighted by Crippen LogP contribution is 1.87. The van der Waals surface area contributed by atoms with Crippen LogP contribution in [-0.2, 0) is 9.68 Å². The number of methoxy groups -OCH3 is 1. The molecule has 0 aliphatic rings. The molecule has 0 aromatic rings. The molecule has 0 fully saturated rings. The lowest BCUT2D eigenvalue weighted by Crippen LogP contribution is -1.83. The van der Waals surface area contributed by atoms with Gasteiger partial charge < -0.3 is 4.74 Å². The summed E-state index contributed by atoms with van der Waals surface area (Å²) in [6.45, 7) is -3.94. The zero-order valence-electron chi connectivity index (χ0n) is 4.61. The molecular formula is C3H6F4O2. The minimum atomic E-state index is -3.67. The van der Waals surface area contributed by atoms with E-state index in [9.17, 15) is 17.7 Å². The summed E-state index contributed by atoms with van der Waals surface area (Å²) in [6.07, 6.45) is 0. The Kier molecular flexibility index (Phi) is 13.5. The Bertz CT molecular complexity index is 38.0. The topological polar surface area (TPSA) is 18.5 Å². The summed E-state index contributed by atoms with van der Waals surface area (Å²) in [4.78, 5) is 2.97. The van der Waals surface area contributed by atoms with Gasteiger partial charge in [-0.1, -0.05) is 0 Å². The van der Waals surface area contributed by atoms with Gasteiger partial charge in [0.1, 0.15) is 0 Å². The molecule has 0 radical (unpaired) electrons. The van der Waals surface area contributed by atoms with E-state index in [0.29, 0.717) is 0 Å². The van der Waals surface area contributed by atoms with E-state index in [4.69, 9.17) is 0 Å². The molecule has 0 aromatic carbocycles. The van der Waals surface area contributed by atoms with Crippen molar-refractivity contribution in [3.8, 4) is 0 Å². The molecule has 0 unspecified atom stereocenters. The van der Waals surface area contributed by atoms with Crippen LogP contribution in [0.1, 0.15) is 0 Å². The number of hydrogen-bond acceptors (Lipinski definition) is 2. The maximum atomic E-state index is 10.4. The van der Waals surface area contributed by atoms with Gasteiger partial charge in [0.15, 0.2) is 6.79 Å². The SMILES string of the molecule is COCOF.FC(F)F. The van der Waals surface area contributed by atoms with Crippen LogP contribution in [0.25, 0.3) is 0 Å². The van der Waals surface area contributed by atoms with Gasteiger partial charge in [-0.05, 0) is 4.53 Å². The summed E-state index contributed by atoms with van der Waals surface area (Å²) in [5.41, 5.74) is 0. The van der Waals surface area contributed by atoms with Crippen LogP contribution < -0.4 is 0 Å². The van der Waals surface area contributed by atoms with Gasteiger partial charge in [-0.2, -0.15) is 18.1 Å². The Morgan fingerprint density at radius 3 is 1.67 bits per heavy atom. The summed E-state index contributed by atoms with van der Waals surface area (Å²) >= 11 is 0. The van der Waals surface area contributed by atoms with E-state index in [-0.39, 0.29) is 6.79 Å². The molecule has 0 bridgehead atoms. The second kappa shape index (κ2) is 10.6. The molecule has 0 amide bonds. The van der Waals surface area contributed by atoms with E-state index in [0.717, 1.165) is 0 Å². The van der Waals surface area contributed by atoms with Crippen molar-refractivity contribution in [2.24, 2.45) is 0 Å². The van der Waals surface area contributed by atoms with Crippen LogP contribution in [0.3, 0.4) is 0 Å². The maximum Gasteiger partial charge on any atom is 0.379 e. The molecule has 0 aromatic heterocycles. The Morgan fingerprint density at radius 2 is 1.67 bits per heavy atom. The molecule has 0 heterocycles. The fourth-order valence-electron chi connectivity index (χ4n) is 0.0445. The van der Waals surface area contributed by atoms with E-state index in [1.807, 2.05) is 0 Å². The summed E-state index contributed by atoms with van der Waals surface area (Å²) in [7, 11) is 1.35. The number of rotatable bonds is 2. The normalized spacial score (nSPS) is 8.67. The van der Waals surface area contributed by atoms with Gasteiger partial charge in [0.25, 0.3) is 0 Å². The smallest absolute Gasteiger partial charge is 0.355 e. The van der Waals surface area contributed by atoms with Crippen molar-refractivity contribution in [3.05, 3.63) is 0 Å². The Labute approximate surface area is 49.3 Å². The van der Waals surface area contributed by atoms with E-state index < -0.39 is 6.68 Å². The summed E-state index contributed by atoms with van der Waals surface area (Å²) < 4.78 is 43.5. The second-order valence-corrected chi connectivity index (χ2v) is 0.763. The first-order chi connectivity index (χ1) is 4.15. The van der Waals surface area contributed by atoms with Gasteiger partial charge in [0, 0.05) is 7.11 Å². The monoisotopic (exact) mass is 150 g/mol. The molecule has 0 aliphatic carbocycles. The van der Waals surface area contributed by atoms with Crippen molar-refractivity contribution in [2.45, 2.75) is 6.68 Å². The zero-order valence-corrected chi connectivity index (χ0v) is 4.61. The first kappa shape index (κ1) is 11.4. The Hall–Kier alpha value is -0.360. The highest BCUT2D eigenvalue weighted by atomic mass is 19.4. The average Bonchev–Trinajstić information content (AvgIpc) is 1.66. The molecule has 0 N–H and O–H groups in total. The molecule has 0 saturated carbocycles. The highest BCUT2D eigenvalue weighted by molar-refractivity contribution is 3.83. The van der Waals surface area contributed by atoms with Crippen molar-refractivity contribution in [2.75, 3.05) is 13.9 Å². The third-order valence-electron chi connectivity index (χ3n) is 0.162. The van der Waals surface area contributed by atoms with E-state index in [1.54, 1.807) is 0 Å². The van der Waals surface area contributed by atoms with Crippen molar-refractivity contribution < 1.29 is 27.4 Å². The minimum absolute atomic E-state index is 0.278. The lowest BCUT2D eigenvalue weighted by Gasteiger charge is -1.82. The summed E-state index contributed by atoms with van der Waals surface area (Å²) in [5.74, 6) is 0. The number of ether oxygens (including phenoxy) is 1. The fourth-order valence-corrected chi connectivity index (χ4v) is 0.0445. The third-order valence-corrected chi connectivity index (χ3v) is 0.162. The number of alkyl halides is 3. The number of halogens is 4. The zero-order chi connectivity index (χ0) is 7.70.